The van der Waals surface area contributed by atoms with E-state index in [4.69, 9.17) is 10.5 Å². The molecule has 2 aromatic heterocycles. The van der Waals surface area contributed by atoms with E-state index in [2.05, 4.69) is 50.5 Å². The van der Waals surface area contributed by atoms with Gasteiger partial charge < -0.3 is 21.1 Å². The largest absolute Gasteiger partial charge is 0.446 e. The van der Waals surface area contributed by atoms with Gasteiger partial charge in [0.1, 0.15) is 11.8 Å². The van der Waals surface area contributed by atoms with Gasteiger partial charge in [-0.05, 0) is 84.9 Å². The maximum absolute atomic E-state index is 12.8. The normalized spacial score (nSPS) is 20.5. The molecule has 194 valence electrons. The molecule has 2 saturated carbocycles. The van der Waals surface area contributed by atoms with E-state index in [0.717, 1.165) is 66.5 Å². The van der Waals surface area contributed by atoms with Crippen LogP contribution in [-0.4, -0.2) is 35.3 Å². The zero-order valence-corrected chi connectivity index (χ0v) is 21.9. The van der Waals surface area contributed by atoms with Crippen molar-refractivity contribution in [1.29, 1.82) is 0 Å². The van der Waals surface area contributed by atoms with E-state index in [0.29, 0.717) is 12.2 Å². The molecule has 0 spiro atoms. The minimum Gasteiger partial charge on any atom is -0.446 e. The standard InChI is InChI=1S/C28H33N5O3S/c1-30-27(35)36-22-9-3-18(4-10-22)15-25(34)31-24-16-23(20-11-14-37-17-20)26(33-32-24)19-5-7-21(8-6-19)28(29)12-2-13-28/h5-8,11,14,16-18,22H,2-4,9-10,12-13,15,29H2,1H3,(H,30,35)(H,31,32,34). The molecule has 0 radical (unpaired) electrons. The molecule has 4 N–H and O–H groups in total. The maximum atomic E-state index is 12.8. The third-order valence-electron chi connectivity index (χ3n) is 7.62. The van der Waals surface area contributed by atoms with Crippen molar-refractivity contribution in [3.8, 4) is 22.4 Å². The number of hydrogen-bond acceptors (Lipinski definition) is 7. The van der Waals surface area contributed by atoms with Crippen LogP contribution >= 0.6 is 11.3 Å². The molecule has 2 amide bonds. The number of aromatic nitrogens is 2. The lowest BCUT2D eigenvalue weighted by molar-refractivity contribution is -0.117. The molecule has 0 unspecified atom stereocenters. The van der Waals surface area contributed by atoms with Crippen molar-refractivity contribution in [1.82, 2.24) is 15.5 Å². The number of rotatable bonds is 7. The van der Waals surface area contributed by atoms with E-state index in [1.807, 2.05) is 17.5 Å². The molecule has 0 saturated heterocycles. The van der Waals surface area contributed by atoms with E-state index in [9.17, 15) is 9.59 Å². The maximum Gasteiger partial charge on any atom is 0.407 e. The van der Waals surface area contributed by atoms with Crippen LogP contribution in [0.1, 0.15) is 56.9 Å². The highest BCUT2D eigenvalue weighted by atomic mass is 32.1. The summed E-state index contributed by atoms with van der Waals surface area (Å²) in [4.78, 5) is 24.2. The van der Waals surface area contributed by atoms with Gasteiger partial charge in [-0.1, -0.05) is 24.3 Å². The molecule has 2 fully saturated rings. The number of ether oxygens (including phenoxy) is 1. The van der Waals surface area contributed by atoms with Gasteiger partial charge in [-0.15, -0.1) is 10.2 Å². The molecular formula is C28H33N5O3S. The van der Waals surface area contributed by atoms with Gasteiger partial charge in [-0.25, -0.2) is 4.79 Å². The van der Waals surface area contributed by atoms with Gasteiger partial charge in [-0.3, -0.25) is 4.79 Å². The summed E-state index contributed by atoms with van der Waals surface area (Å²) < 4.78 is 5.34. The molecule has 2 aliphatic rings. The first kappa shape index (κ1) is 25.4. The van der Waals surface area contributed by atoms with Gasteiger partial charge in [-0.2, -0.15) is 11.3 Å². The average Bonchev–Trinajstić information content (AvgIpc) is 3.43. The lowest BCUT2D eigenvalue weighted by Gasteiger charge is -2.38. The summed E-state index contributed by atoms with van der Waals surface area (Å²) in [7, 11) is 1.55. The van der Waals surface area contributed by atoms with Crippen molar-refractivity contribution in [3.63, 3.8) is 0 Å². The van der Waals surface area contributed by atoms with Gasteiger partial charge >= 0.3 is 6.09 Å². The summed E-state index contributed by atoms with van der Waals surface area (Å²) in [6.07, 6.45) is 6.38. The summed E-state index contributed by atoms with van der Waals surface area (Å²) >= 11 is 1.62. The molecule has 1 aromatic carbocycles. The van der Waals surface area contributed by atoms with Crippen LogP contribution in [0.3, 0.4) is 0 Å². The van der Waals surface area contributed by atoms with Crippen LogP contribution < -0.4 is 16.4 Å². The molecule has 9 heteroatoms. The van der Waals surface area contributed by atoms with E-state index in [1.165, 1.54) is 6.42 Å². The Labute approximate surface area is 221 Å². The number of carbonyl (C=O) groups is 2. The Balaban J connectivity index is 1.26. The minimum atomic E-state index is -0.401. The van der Waals surface area contributed by atoms with Crippen molar-refractivity contribution >= 4 is 29.2 Å². The highest BCUT2D eigenvalue weighted by Crippen LogP contribution is 2.40. The van der Waals surface area contributed by atoms with Crippen molar-refractivity contribution in [2.45, 2.75) is 63.0 Å². The Morgan fingerprint density at radius 1 is 1.08 bits per heavy atom. The number of anilines is 1. The molecule has 2 aliphatic carbocycles. The Morgan fingerprint density at radius 3 is 2.46 bits per heavy atom. The number of alkyl carbamates (subject to hydrolysis) is 1. The Morgan fingerprint density at radius 2 is 1.84 bits per heavy atom. The number of nitrogens with two attached hydrogens (primary N) is 1. The lowest BCUT2D eigenvalue weighted by atomic mass is 9.72. The first-order chi connectivity index (χ1) is 17.9. The first-order valence-electron chi connectivity index (χ1n) is 12.9. The molecule has 3 aromatic rings. The number of nitrogens with one attached hydrogen (secondary N) is 2. The lowest BCUT2D eigenvalue weighted by Crippen LogP contribution is -2.43. The predicted molar refractivity (Wildman–Crippen MR) is 145 cm³/mol. The smallest absolute Gasteiger partial charge is 0.407 e. The Hall–Kier alpha value is -3.30. The van der Waals surface area contributed by atoms with Gasteiger partial charge in [0.25, 0.3) is 0 Å². The summed E-state index contributed by atoms with van der Waals surface area (Å²) in [6, 6.07) is 12.3. The summed E-state index contributed by atoms with van der Waals surface area (Å²) in [6.45, 7) is 0. The van der Waals surface area contributed by atoms with Crippen molar-refractivity contribution in [2.24, 2.45) is 11.7 Å². The molecule has 5 rings (SSSR count). The van der Waals surface area contributed by atoms with Gasteiger partial charge in [0.2, 0.25) is 5.91 Å². The van der Waals surface area contributed by atoms with Crippen molar-refractivity contribution in [3.05, 3.63) is 52.7 Å². The fourth-order valence-electron chi connectivity index (χ4n) is 5.23. The predicted octanol–water partition coefficient (Wildman–Crippen LogP) is 5.45. The van der Waals surface area contributed by atoms with Gasteiger partial charge in [0.05, 0.1) is 0 Å². The topological polar surface area (TPSA) is 119 Å². The van der Waals surface area contributed by atoms with Crippen LogP contribution in [0.2, 0.25) is 0 Å². The fourth-order valence-corrected chi connectivity index (χ4v) is 5.89. The molecule has 0 atom stereocenters. The average molecular weight is 520 g/mol. The summed E-state index contributed by atoms with van der Waals surface area (Å²) in [5.74, 6) is 0.624. The Bertz CT molecular complexity index is 1230. The van der Waals surface area contributed by atoms with Crippen LogP contribution in [0.4, 0.5) is 10.6 Å². The molecule has 8 nitrogen and oxygen atoms in total. The minimum absolute atomic E-state index is 0.0768. The molecule has 2 heterocycles. The van der Waals surface area contributed by atoms with Crippen molar-refractivity contribution in [2.75, 3.05) is 12.4 Å². The highest BCUT2D eigenvalue weighted by Gasteiger charge is 2.34. The van der Waals surface area contributed by atoms with Gasteiger partial charge in [0, 0.05) is 30.1 Å². The van der Waals surface area contributed by atoms with E-state index < -0.39 is 6.09 Å². The quantitative estimate of drug-likeness (QED) is 0.382. The number of thiophene rings is 1. The number of amides is 2. The monoisotopic (exact) mass is 519 g/mol. The highest BCUT2D eigenvalue weighted by molar-refractivity contribution is 7.08. The molecule has 37 heavy (non-hydrogen) atoms. The van der Waals surface area contributed by atoms with Crippen LogP contribution in [0.5, 0.6) is 0 Å². The number of benzene rings is 1. The van der Waals surface area contributed by atoms with Crippen LogP contribution in [0.15, 0.2) is 47.2 Å². The van der Waals surface area contributed by atoms with Gasteiger partial charge in [0.15, 0.2) is 5.82 Å². The first-order valence-corrected chi connectivity index (χ1v) is 13.9. The Kier molecular flexibility index (Phi) is 7.53. The SMILES string of the molecule is CNC(=O)OC1CCC(CC(=O)Nc2cc(-c3ccsc3)c(-c3ccc(C4(N)CCC4)cc3)nn2)CC1. The van der Waals surface area contributed by atoms with Crippen molar-refractivity contribution < 1.29 is 14.3 Å². The number of nitrogens with zero attached hydrogens (tertiary/aromatic N) is 2. The second-order valence-corrected chi connectivity index (χ2v) is 10.9. The molecule has 0 bridgehead atoms. The van der Waals surface area contributed by atoms with E-state index in [1.54, 1.807) is 18.4 Å². The van der Waals surface area contributed by atoms with Crippen LogP contribution in [0, 0.1) is 5.92 Å². The van der Waals surface area contributed by atoms with Crippen LogP contribution in [-0.2, 0) is 15.1 Å². The molecular weight excluding hydrogens is 486 g/mol. The third kappa shape index (κ3) is 5.83. The van der Waals surface area contributed by atoms with Crippen LogP contribution in [0.25, 0.3) is 22.4 Å². The zero-order chi connectivity index (χ0) is 25.8. The number of carbonyl (C=O) groups excluding carboxylic acids is 2. The third-order valence-corrected chi connectivity index (χ3v) is 8.30. The second-order valence-electron chi connectivity index (χ2n) is 10.1. The zero-order valence-electron chi connectivity index (χ0n) is 21.0. The fraction of sp³-hybridized carbons (Fsp3) is 0.429. The summed E-state index contributed by atoms with van der Waals surface area (Å²) in [5, 5.41) is 18.4. The van der Waals surface area contributed by atoms with E-state index >= 15 is 0 Å². The second kappa shape index (κ2) is 11.0. The van der Waals surface area contributed by atoms with E-state index in [-0.39, 0.29) is 23.5 Å². The number of hydrogen-bond donors (Lipinski definition) is 3. The molecule has 0 aliphatic heterocycles. The summed E-state index contributed by atoms with van der Waals surface area (Å²) in [5.41, 5.74) is 11.2.